The van der Waals surface area contributed by atoms with E-state index in [1.165, 1.54) is 0 Å². The van der Waals surface area contributed by atoms with Gasteiger partial charge < -0.3 is 5.32 Å². The summed E-state index contributed by atoms with van der Waals surface area (Å²) in [7, 11) is 0. The Morgan fingerprint density at radius 3 is 3.12 bits per heavy atom. The van der Waals surface area contributed by atoms with E-state index in [1.54, 1.807) is 10.9 Å². The normalized spacial score (nSPS) is 24.9. The van der Waals surface area contributed by atoms with Crippen LogP contribution in [0.2, 0.25) is 0 Å². The van der Waals surface area contributed by atoms with Crippen molar-refractivity contribution in [3.8, 4) is 0 Å². The van der Waals surface area contributed by atoms with Gasteiger partial charge in [0.1, 0.15) is 5.69 Å². The number of hydrogen-bond acceptors (Lipinski definition) is 4. The molecule has 2 unspecified atom stereocenters. The Morgan fingerprint density at radius 1 is 1.69 bits per heavy atom. The molecule has 2 rings (SSSR count). The van der Waals surface area contributed by atoms with Crippen LogP contribution in [0.5, 0.6) is 0 Å². The summed E-state index contributed by atoms with van der Waals surface area (Å²) in [6.45, 7) is 5.81. The quantitative estimate of drug-likeness (QED) is 0.768. The van der Waals surface area contributed by atoms with Gasteiger partial charge in [0, 0.05) is 18.5 Å². The third-order valence-electron chi connectivity index (χ3n) is 3.17. The fourth-order valence-electron chi connectivity index (χ4n) is 2.23. The van der Waals surface area contributed by atoms with E-state index >= 15 is 0 Å². The number of aromatic nitrogens is 3. The number of hydrogen-bond donors (Lipinski definition) is 1. The van der Waals surface area contributed by atoms with E-state index in [2.05, 4.69) is 29.5 Å². The molecule has 16 heavy (non-hydrogen) atoms. The lowest BCUT2D eigenvalue weighted by atomic mass is 9.95. The predicted molar refractivity (Wildman–Crippen MR) is 60.2 cm³/mol. The Labute approximate surface area is 95.2 Å². The molecule has 0 spiro atoms. The molecule has 1 aliphatic rings. The van der Waals surface area contributed by atoms with Crippen LogP contribution in [0.15, 0.2) is 6.20 Å². The van der Waals surface area contributed by atoms with Crippen LogP contribution in [0.25, 0.3) is 0 Å². The second-order valence-electron chi connectivity index (χ2n) is 4.34. The molecule has 0 amide bonds. The van der Waals surface area contributed by atoms with Crippen molar-refractivity contribution in [3.05, 3.63) is 11.9 Å². The SMILES string of the molecule is CCCn1nncc1C(=O)C1CCNC1C. The molecular formula is C11H18N4O. The highest BCUT2D eigenvalue weighted by atomic mass is 16.1. The Hall–Kier alpha value is -1.23. The maximum Gasteiger partial charge on any atom is 0.187 e. The summed E-state index contributed by atoms with van der Waals surface area (Å²) in [6, 6.07) is 0.262. The number of ketones is 1. The summed E-state index contributed by atoms with van der Waals surface area (Å²) in [6.07, 6.45) is 3.46. The summed E-state index contributed by atoms with van der Waals surface area (Å²) in [5.41, 5.74) is 0.655. The summed E-state index contributed by atoms with van der Waals surface area (Å²) < 4.78 is 1.72. The highest BCUT2D eigenvalue weighted by Gasteiger charge is 2.31. The van der Waals surface area contributed by atoms with E-state index < -0.39 is 0 Å². The standard InChI is InChI=1S/C11H18N4O/c1-3-6-15-10(7-13-14-15)11(16)9-4-5-12-8(9)2/h7-9,12H,3-6H2,1-2H3. The van der Waals surface area contributed by atoms with Gasteiger partial charge >= 0.3 is 0 Å². The molecule has 5 heteroatoms. The first kappa shape index (κ1) is 11.3. The first-order valence-electron chi connectivity index (χ1n) is 5.90. The lowest BCUT2D eigenvalue weighted by molar-refractivity contribution is 0.0902. The van der Waals surface area contributed by atoms with Crippen molar-refractivity contribution in [1.29, 1.82) is 0 Å². The van der Waals surface area contributed by atoms with Crippen LogP contribution in [0.4, 0.5) is 0 Å². The van der Waals surface area contributed by atoms with E-state index in [1.807, 2.05) is 0 Å². The van der Waals surface area contributed by atoms with Gasteiger partial charge in [0.05, 0.1) is 6.20 Å². The number of rotatable bonds is 4. The van der Waals surface area contributed by atoms with Gasteiger partial charge in [-0.25, -0.2) is 4.68 Å². The van der Waals surface area contributed by atoms with Crippen molar-refractivity contribution < 1.29 is 4.79 Å². The lowest BCUT2D eigenvalue weighted by Crippen LogP contribution is -2.29. The zero-order valence-corrected chi connectivity index (χ0v) is 9.81. The fraction of sp³-hybridized carbons (Fsp3) is 0.727. The molecule has 88 valence electrons. The van der Waals surface area contributed by atoms with Crippen LogP contribution in [0.1, 0.15) is 37.2 Å². The number of carbonyl (C=O) groups excluding carboxylic acids is 1. The van der Waals surface area contributed by atoms with Crippen LogP contribution in [-0.4, -0.2) is 33.4 Å². The molecule has 1 aliphatic heterocycles. The molecule has 0 saturated carbocycles. The van der Waals surface area contributed by atoms with E-state index in [0.717, 1.165) is 25.9 Å². The molecule has 1 aromatic heterocycles. The van der Waals surface area contributed by atoms with Crippen LogP contribution < -0.4 is 5.32 Å². The van der Waals surface area contributed by atoms with Crippen molar-refractivity contribution in [2.75, 3.05) is 6.54 Å². The van der Waals surface area contributed by atoms with Gasteiger partial charge in [-0.15, -0.1) is 5.10 Å². The number of aryl methyl sites for hydroxylation is 1. The van der Waals surface area contributed by atoms with E-state index in [9.17, 15) is 4.79 Å². The average molecular weight is 222 g/mol. The third kappa shape index (κ3) is 2.00. The van der Waals surface area contributed by atoms with Crippen molar-refractivity contribution in [2.45, 2.75) is 39.3 Å². The molecule has 0 bridgehead atoms. The highest BCUT2D eigenvalue weighted by molar-refractivity contribution is 5.96. The van der Waals surface area contributed by atoms with Gasteiger partial charge in [-0.2, -0.15) is 0 Å². The molecule has 2 heterocycles. The zero-order chi connectivity index (χ0) is 11.5. The zero-order valence-electron chi connectivity index (χ0n) is 9.81. The molecular weight excluding hydrogens is 204 g/mol. The minimum Gasteiger partial charge on any atom is -0.313 e. The lowest BCUT2D eigenvalue weighted by Gasteiger charge is -2.13. The molecule has 1 saturated heterocycles. The molecule has 0 radical (unpaired) electrons. The molecule has 0 aromatic carbocycles. The summed E-state index contributed by atoms with van der Waals surface area (Å²) in [5.74, 6) is 0.255. The second kappa shape index (κ2) is 4.74. The van der Waals surface area contributed by atoms with Crippen LogP contribution in [0.3, 0.4) is 0 Å². The van der Waals surface area contributed by atoms with Crippen molar-refractivity contribution in [2.24, 2.45) is 5.92 Å². The molecule has 2 atom stereocenters. The van der Waals surface area contributed by atoms with E-state index in [4.69, 9.17) is 0 Å². The van der Waals surface area contributed by atoms with E-state index in [-0.39, 0.29) is 17.7 Å². The fourth-order valence-corrected chi connectivity index (χ4v) is 2.23. The Kier molecular flexibility index (Phi) is 3.33. The molecule has 0 aliphatic carbocycles. The van der Waals surface area contributed by atoms with Gasteiger partial charge in [-0.1, -0.05) is 12.1 Å². The number of Topliss-reactive ketones (excluding diaryl/α,β-unsaturated/α-hetero) is 1. The van der Waals surface area contributed by atoms with Gasteiger partial charge in [0.15, 0.2) is 5.78 Å². The number of nitrogens with one attached hydrogen (secondary N) is 1. The molecule has 5 nitrogen and oxygen atoms in total. The Morgan fingerprint density at radius 2 is 2.50 bits per heavy atom. The first-order valence-corrected chi connectivity index (χ1v) is 5.90. The number of carbonyl (C=O) groups is 1. The average Bonchev–Trinajstić information content (AvgIpc) is 2.87. The van der Waals surface area contributed by atoms with Gasteiger partial charge in [0.25, 0.3) is 0 Å². The van der Waals surface area contributed by atoms with Crippen molar-refractivity contribution >= 4 is 5.78 Å². The minimum atomic E-state index is 0.0779. The topological polar surface area (TPSA) is 59.8 Å². The molecule has 1 aromatic rings. The second-order valence-corrected chi connectivity index (χ2v) is 4.34. The maximum absolute atomic E-state index is 12.3. The Bertz CT molecular complexity index is 374. The van der Waals surface area contributed by atoms with Crippen LogP contribution in [-0.2, 0) is 6.54 Å². The van der Waals surface area contributed by atoms with Gasteiger partial charge in [-0.3, -0.25) is 4.79 Å². The minimum absolute atomic E-state index is 0.0779. The molecule has 1 fully saturated rings. The predicted octanol–water partition coefficient (Wildman–Crippen LogP) is 0.869. The van der Waals surface area contributed by atoms with Crippen molar-refractivity contribution in [3.63, 3.8) is 0 Å². The monoisotopic (exact) mass is 222 g/mol. The van der Waals surface area contributed by atoms with Gasteiger partial charge in [0.2, 0.25) is 0 Å². The maximum atomic E-state index is 12.3. The highest BCUT2D eigenvalue weighted by Crippen LogP contribution is 2.20. The summed E-state index contributed by atoms with van der Waals surface area (Å²) in [5, 5.41) is 11.1. The Balaban J connectivity index is 2.16. The third-order valence-corrected chi connectivity index (χ3v) is 3.17. The van der Waals surface area contributed by atoms with Crippen LogP contribution in [0, 0.1) is 5.92 Å². The first-order chi connectivity index (χ1) is 7.74. The van der Waals surface area contributed by atoms with Crippen LogP contribution >= 0.6 is 0 Å². The van der Waals surface area contributed by atoms with E-state index in [0.29, 0.717) is 5.69 Å². The van der Waals surface area contributed by atoms with Gasteiger partial charge in [-0.05, 0) is 26.3 Å². The summed E-state index contributed by atoms with van der Waals surface area (Å²) >= 11 is 0. The molecule has 1 N–H and O–H groups in total. The number of nitrogens with zero attached hydrogens (tertiary/aromatic N) is 3. The van der Waals surface area contributed by atoms with Crippen molar-refractivity contribution in [1.82, 2.24) is 20.3 Å². The largest absolute Gasteiger partial charge is 0.313 e. The smallest absolute Gasteiger partial charge is 0.187 e. The summed E-state index contributed by atoms with van der Waals surface area (Å²) in [4.78, 5) is 12.3.